The smallest absolute Gasteiger partial charge is 0.227 e. The fraction of sp³-hybridized carbons (Fsp3) is 0.500. The molecule has 2 aromatic heterocycles. The van der Waals surface area contributed by atoms with E-state index < -0.39 is 0 Å². The van der Waals surface area contributed by atoms with Gasteiger partial charge in [-0.15, -0.1) is 0 Å². The lowest BCUT2D eigenvalue weighted by Gasteiger charge is -2.23. The molecular weight excluding hydrogens is 240 g/mol. The Morgan fingerprint density at radius 2 is 2.21 bits per heavy atom. The van der Waals surface area contributed by atoms with E-state index in [0.29, 0.717) is 0 Å². The summed E-state index contributed by atoms with van der Waals surface area (Å²) in [5, 5.41) is 8.21. The van der Waals surface area contributed by atoms with Crippen LogP contribution in [0.15, 0.2) is 18.5 Å². The molecule has 1 saturated carbocycles. The van der Waals surface area contributed by atoms with Crippen LogP contribution in [0.3, 0.4) is 0 Å². The van der Waals surface area contributed by atoms with Crippen LogP contribution in [0, 0.1) is 5.92 Å². The van der Waals surface area contributed by atoms with Crippen LogP contribution in [0.1, 0.15) is 39.2 Å². The van der Waals surface area contributed by atoms with Crippen LogP contribution in [0.25, 0.3) is 11.0 Å². The minimum atomic E-state index is 0.114. The number of carbonyl (C=O) groups is 1. The highest BCUT2D eigenvalue weighted by molar-refractivity contribution is 5.94. The van der Waals surface area contributed by atoms with Gasteiger partial charge < -0.3 is 5.32 Å². The van der Waals surface area contributed by atoms with Crippen LogP contribution < -0.4 is 5.32 Å². The summed E-state index contributed by atoms with van der Waals surface area (Å²) in [7, 11) is 0. The first-order chi connectivity index (χ1) is 9.15. The first-order valence-corrected chi connectivity index (χ1v) is 6.79. The third-order valence-electron chi connectivity index (χ3n) is 3.67. The summed E-state index contributed by atoms with van der Waals surface area (Å²) in [6.07, 6.45) is 6.68. The highest BCUT2D eigenvalue weighted by atomic mass is 16.1. The second-order valence-electron chi connectivity index (χ2n) is 5.44. The van der Waals surface area contributed by atoms with Crippen molar-refractivity contribution in [2.45, 2.75) is 39.2 Å². The molecule has 5 nitrogen and oxygen atoms in total. The molecule has 0 bridgehead atoms. The summed E-state index contributed by atoms with van der Waals surface area (Å²) >= 11 is 0. The van der Waals surface area contributed by atoms with Gasteiger partial charge in [0.05, 0.1) is 18.1 Å². The van der Waals surface area contributed by atoms with E-state index >= 15 is 0 Å². The Kier molecular flexibility index (Phi) is 2.97. The molecular formula is C14H18N4O. The maximum absolute atomic E-state index is 11.9. The number of rotatable bonds is 3. The fourth-order valence-corrected chi connectivity index (χ4v) is 2.30. The predicted molar refractivity (Wildman–Crippen MR) is 73.9 cm³/mol. The first-order valence-electron chi connectivity index (χ1n) is 6.79. The molecule has 2 heterocycles. The molecule has 1 amide bonds. The summed E-state index contributed by atoms with van der Waals surface area (Å²) in [6.45, 7) is 4.14. The highest BCUT2D eigenvalue weighted by Gasteiger charge is 2.25. The molecule has 19 heavy (non-hydrogen) atoms. The molecule has 1 fully saturated rings. The van der Waals surface area contributed by atoms with Crippen molar-refractivity contribution in [3.63, 3.8) is 0 Å². The Bertz CT molecular complexity index is 613. The van der Waals surface area contributed by atoms with Gasteiger partial charge in [0, 0.05) is 17.3 Å². The van der Waals surface area contributed by atoms with Gasteiger partial charge in [0.1, 0.15) is 0 Å². The zero-order valence-electron chi connectivity index (χ0n) is 11.3. The first kappa shape index (κ1) is 12.1. The Morgan fingerprint density at radius 3 is 2.84 bits per heavy atom. The van der Waals surface area contributed by atoms with Gasteiger partial charge in [0.2, 0.25) is 5.91 Å². The molecule has 1 aliphatic rings. The van der Waals surface area contributed by atoms with Crippen molar-refractivity contribution in [3.05, 3.63) is 18.5 Å². The van der Waals surface area contributed by atoms with Gasteiger partial charge in [-0.2, -0.15) is 5.10 Å². The van der Waals surface area contributed by atoms with E-state index in [9.17, 15) is 4.79 Å². The van der Waals surface area contributed by atoms with Gasteiger partial charge in [0.15, 0.2) is 5.65 Å². The predicted octanol–water partition coefficient (Wildman–Crippen LogP) is 2.75. The summed E-state index contributed by atoms with van der Waals surface area (Å²) < 4.78 is 1.88. The number of carbonyl (C=O) groups excluding carboxylic acids is 1. The van der Waals surface area contributed by atoms with Crippen molar-refractivity contribution in [2.75, 3.05) is 5.32 Å². The molecule has 0 radical (unpaired) electrons. The number of nitrogens with one attached hydrogen (secondary N) is 1. The minimum Gasteiger partial charge on any atom is -0.324 e. The molecule has 0 aliphatic heterocycles. The third kappa shape index (κ3) is 2.20. The molecule has 1 aliphatic carbocycles. The van der Waals surface area contributed by atoms with E-state index in [1.807, 2.05) is 10.7 Å². The van der Waals surface area contributed by atoms with Crippen molar-refractivity contribution in [1.29, 1.82) is 0 Å². The maximum Gasteiger partial charge on any atom is 0.227 e. The normalized spacial score (nSPS) is 15.7. The Hall–Kier alpha value is -1.91. The zero-order valence-corrected chi connectivity index (χ0v) is 11.3. The van der Waals surface area contributed by atoms with Gasteiger partial charge in [0.25, 0.3) is 0 Å². The molecule has 5 heteroatoms. The highest BCUT2D eigenvalue weighted by Crippen LogP contribution is 2.28. The molecule has 2 aromatic rings. The number of amides is 1. The molecule has 0 aromatic carbocycles. The van der Waals surface area contributed by atoms with Crippen LogP contribution in [0.4, 0.5) is 5.69 Å². The monoisotopic (exact) mass is 258 g/mol. The Morgan fingerprint density at radius 1 is 1.42 bits per heavy atom. The Labute approximate surface area is 112 Å². The van der Waals surface area contributed by atoms with Gasteiger partial charge in [-0.05, 0) is 32.8 Å². The molecule has 1 N–H and O–H groups in total. The molecule has 0 atom stereocenters. The largest absolute Gasteiger partial charge is 0.324 e. The standard InChI is InChI=1S/C14H18N4O/c1-9(2)18-13-11(7-16-18)6-12(8-15-13)17-14(19)10-4-3-5-10/h6-10H,3-5H2,1-2H3,(H,17,19). The van der Waals surface area contributed by atoms with Crippen LogP contribution in [0.5, 0.6) is 0 Å². The second-order valence-corrected chi connectivity index (χ2v) is 5.44. The number of fused-ring (bicyclic) bond motifs is 1. The number of nitrogens with zero attached hydrogens (tertiary/aromatic N) is 3. The van der Waals surface area contributed by atoms with Crippen LogP contribution >= 0.6 is 0 Å². The molecule has 0 spiro atoms. The van der Waals surface area contributed by atoms with Crippen molar-refractivity contribution >= 4 is 22.6 Å². The van der Waals surface area contributed by atoms with Gasteiger partial charge in [-0.1, -0.05) is 6.42 Å². The summed E-state index contributed by atoms with van der Waals surface area (Å²) in [4.78, 5) is 16.3. The summed E-state index contributed by atoms with van der Waals surface area (Å²) in [5.74, 6) is 0.303. The average molecular weight is 258 g/mol. The fourth-order valence-electron chi connectivity index (χ4n) is 2.30. The van der Waals surface area contributed by atoms with E-state index in [4.69, 9.17) is 0 Å². The van der Waals surface area contributed by atoms with Crippen molar-refractivity contribution < 1.29 is 4.79 Å². The van der Waals surface area contributed by atoms with Crippen molar-refractivity contribution in [3.8, 4) is 0 Å². The van der Waals surface area contributed by atoms with Crippen LogP contribution in [-0.4, -0.2) is 20.7 Å². The zero-order chi connectivity index (χ0) is 13.4. The summed E-state index contributed by atoms with van der Waals surface area (Å²) in [6, 6.07) is 2.21. The van der Waals surface area contributed by atoms with E-state index in [0.717, 1.165) is 36.0 Å². The number of hydrogen-bond donors (Lipinski definition) is 1. The van der Waals surface area contributed by atoms with E-state index in [-0.39, 0.29) is 17.9 Å². The van der Waals surface area contributed by atoms with Gasteiger partial charge in [-0.25, -0.2) is 9.67 Å². The number of pyridine rings is 1. The number of anilines is 1. The summed E-state index contributed by atoms with van der Waals surface area (Å²) in [5.41, 5.74) is 1.62. The molecule has 0 unspecified atom stereocenters. The van der Waals surface area contributed by atoms with Gasteiger partial charge in [-0.3, -0.25) is 4.79 Å². The number of aromatic nitrogens is 3. The quantitative estimate of drug-likeness (QED) is 0.920. The molecule has 100 valence electrons. The second kappa shape index (κ2) is 4.64. The third-order valence-corrected chi connectivity index (χ3v) is 3.67. The lowest BCUT2D eigenvalue weighted by Crippen LogP contribution is -2.28. The number of hydrogen-bond acceptors (Lipinski definition) is 3. The maximum atomic E-state index is 11.9. The van der Waals surface area contributed by atoms with Gasteiger partial charge >= 0.3 is 0 Å². The lowest BCUT2D eigenvalue weighted by molar-refractivity contribution is -0.122. The minimum absolute atomic E-state index is 0.114. The molecule has 0 saturated heterocycles. The topological polar surface area (TPSA) is 59.8 Å². The van der Waals surface area contributed by atoms with E-state index in [1.54, 1.807) is 12.4 Å². The van der Waals surface area contributed by atoms with Crippen LogP contribution in [-0.2, 0) is 4.79 Å². The Balaban J connectivity index is 1.83. The van der Waals surface area contributed by atoms with E-state index in [1.165, 1.54) is 0 Å². The molecule has 3 rings (SSSR count). The van der Waals surface area contributed by atoms with Crippen molar-refractivity contribution in [2.24, 2.45) is 5.92 Å². The van der Waals surface area contributed by atoms with Crippen LogP contribution in [0.2, 0.25) is 0 Å². The van der Waals surface area contributed by atoms with Crippen molar-refractivity contribution in [1.82, 2.24) is 14.8 Å². The average Bonchev–Trinajstić information content (AvgIpc) is 2.69. The lowest BCUT2D eigenvalue weighted by atomic mass is 9.85. The van der Waals surface area contributed by atoms with E-state index in [2.05, 4.69) is 29.2 Å². The SMILES string of the molecule is CC(C)n1ncc2cc(NC(=O)C3CCC3)cnc21.